The summed E-state index contributed by atoms with van der Waals surface area (Å²) < 4.78 is 16.7. The predicted molar refractivity (Wildman–Crippen MR) is 293 cm³/mol. The lowest BCUT2D eigenvalue weighted by molar-refractivity contribution is -0.167. The molecule has 0 spiro atoms. The van der Waals surface area contributed by atoms with Crippen LogP contribution in [0.1, 0.15) is 271 Å². The van der Waals surface area contributed by atoms with Gasteiger partial charge in [-0.3, -0.25) is 14.4 Å². The van der Waals surface area contributed by atoms with E-state index in [-0.39, 0.29) is 37.5 Å². The first kappa shape index (κ1) is 64.6. The van der Waals surface area contributed by atoms with Crippen molar-refractivity contribution in [1.82, 2.24) is 0 Å². The SMILES string of the molecule is CC/C=C\C/C=C\C/C=C\C/C=C\C/C=C\C/C=C\C/C=C\CCCC(=O)OCC(COC(=O)CCCCCCCCC)OC(=O)CCCCCCCCCCCCCCCCCCCCCC. The molecule has 0 fully saturated rings. The molecule has 0 aliphatic carbocycles. The van der Waals surface area contributed by atoms with Crippen molar-refractivity contribution < 1.29 is 28.6 Å². The Labute approximate surface area is 420 Å². The lowest BCUT2D eigenvalue weighted by Gasteiger charge is -2.18. The molecule has 0 aromatic carbocycles. The molecule has 0 N–H and O–H groups in total. The average molecular weight is 948 g/mol. The van der Waals surface area contributed by atoms with Gasteiger partial charge in [0, 0.05) is 19.3 Å². The van der Waals surface area contributed by atoms with E-state index in [0.717, 1.165) is 89.9 Å². The summed E-state index contributed by atoms with van der Waals surface area (Å²) in [5.41, 5.74) is 0. The Bertz CT molecular complexity index is 1320. The Morgan fingerprint density at radius 2 is 0.574 bits per heavy atom. The van der Waals surface area contributed by atoms with Gasteiger partial charge in [0.2, 0.25) is 0 Å². The van der Waals surface area contributed by atoms with E-state index >= 15 is 0 Å². The summed E-state index contributed by atoms with van der Waals surface area (Å²) in [4.78, 5) is 37.9. The van der Waals surface area contributed by atoms with Crippen LogP contribution in [0.3, 0.4) is 0 Å². The smallest absolute Gasteiger partial charge is 0.306 e. The van der Waals surface area contributed by atoms with E-state index in [4.69, 9.17) is 14.2 Å². The molecule has 390 valence electrons. The molecule has 0 amide bonds. The molecule has 0 rings (SSSR count). The number of esters is 3. The minimum atomic E-state index is -0.796. The first-order chi connectivity index (χ1) is 33.5. The zero-order valence-corrected chi connectivity index (χ0v) is 44.6. The van der Waals surface area contributed by atoms with Gasteiger partial charge < -0.3 is 14.2 Å². The summed E-state index contributed by atoms with van der Waals surface area (Å²) in [7, 11) is 0. The van der Waals surface area contributed by atoms with Crippen molar-refractivity contribution in [2.24, 2.45) is 0 Å². The summed E-state index contributed by atoms with van der Waals surface area (Å²) in [6.07, 6.45) is 73.2. The zero-order chi connectivity index (χ0) is 49.3. The normalized spacial score (nSPS) is 12.7. The number of carbonyl (C=O) groups is 3. The molecule has 0 aromatic heterocycles. The highest BCUT2D eigenvalue weighted by Gasteiger charge is 2.19. The third kappa shape index (κ3) is 53.5. The van der Waals surface area contributed by atoms with Gasteiger partial charge in [-0.1, -0.05) is 266 Å². The number of carbonyl (C=O) groups excluding carboxylic acids is 3. The van der Waals surface area contributed by atoms with E-state index < -0.39 is 6.10 Å². The van der Waals surface area contributed by atoms with Crippen LogP contribution in [-0.4, -0.2) is 37.2 Å². The Hall–Kier alpha value is -3.41. The van der Waals surface area contributed by atoms with Crippen LogP contribution in [0, 0.1) is 0 Å². The van der Waals surface area contributed by atoms with E-state index in [9.17, 15) is 14.4 Å². The maximum absolute atomic E-state index is 12.8. The molecular formula is C62H106O6. The predicted octanol–water partition coefficient (Wildman–Crippen LogP) is 19.2. The van der Waals surface area contributed by atoms with E-state index in [1.54, 1.807) is 0 Å². The Morgan fingerprint density at radius 3 is 0.897 bits per heavy atom. The molecule has 68 heavy (non-hydrogen) atoms. The van der Waals surface area contributed by atoms with Gasteiger partial charge in [0.1, 0.15) is 13.2 Å². The third-order valence-corrected chi connectivity index (χ3v) is 12.2. The minimum absolute atomic E-state index is 0.0923. The molecule has 0 saturated carbocycles. The fourth-order valence-electron chi connectivity index (χ4n) is 7.90. The van der Waals surface area contributed by atoms with Gasteiger partial charge in [-0.15, -0.1) is 0 Å². The quantitative estimate of drug-likeness (QED) is 0.0262. The maximum Gasteiger partial charge on any atom is 0.306 e. The largest absolute Gasteiger partial charge is 0.462 e. The maximum atomic E-state index is 12.8. The molecular weight excluding hydrogens is 841 g/mol. The molecule has 6 heteroatoms. The lowest BCUT2D eigenvalue weighted by atomic mass is 10.0. The van der Waals surface area contributed by atoms with Crippen LogP contribution in [0.15, 0.2) is 85.1 Å². The minimum Gasteiger partial charge on any atom is -0.462 e. The summed E-state index contributed by atoms with van der Waals surface area (Å²) >= 11 is 0. The molecule has 0 saturated heterocycles. The van der Waals surface area contributed by atoms with Gasteiger partial charge in [0.25, 0.3) is 0 Å². The molecule has 1 atom stereocenters. The van der Waals surface area contributed by atoms with Crippen molar-refractivity contribution in [3.63, 3.8) is 0 Å². The fraction of sp³-hybridized carbons (Fsp3) is 0.726. The third-order valence-electron chi connectivity index (χ3n) is 12.2. The molecule has 1 unspecified atom stereocenters. The number of hydrogen-bond acceptors (Lipinski definition) is 6. The van der Waals surface area contributed by atoms with E-state index in [1.807, 2.05) is 0 Å². The van der Waals surface area contributed by atoms with Gasteiger partial charge in [-0.25, -0.2) is 0 Å². The molecule has 0 heterocycles. The zero-order valence-electron chi connectivity index (χ0n) is 44.6. The number of unbranched alkanes of at least 4 members (excludes halogenated alkanes) is 26. The topological polar surface area (TPSA) is 78.9 Å². The van der Waals surface area contributed by atoms with E-state index in [2.05, 4.69) is 106 Å². The lowest BCUT2D eigenvalue weighted by Crippen LogP contribution is -2.30. The van der Waals surface area contributed by atoms with Gasteiger partial charge in [0.15, 0.2) is 6.10 Å². The van der Waals surface area contributed by atoms with Crippen LogP contribution in [0.4, 0.5) is 0 Å². The summed E-state index contributed by atoms with van der Waals surface area (Å²) in [5.74, 6) is -0.954. The molecule has 6 nitrogen and oxygen atoms in total. The summed E-state index contributed by atoms with van der Waals surface area (Å²) in [6.45, 7) is 6.45. The highest BCUT2D eigenvalue weighted by Crippen LogP contribution is 2.16. The molecule has 0 bridgehead atoms. The van der Waals surface area contributed by atoms with Gasteiger partial charge >= 0.3 is 17.9 Å². The molecule has 0 aliphatic heterocycles. The Morgan fingerprint density at radius 1 is 0.309 bits per heavy atom. The van der Waals surface area contributed by atoms with Crippen molar-refractivity contribution in [2.75, 3.05) is 13.2 Å². The summed E-state index contributed by atoms with van der Waals surface area (Å²) in [5, 5.41) is 0. The number of ether oxygens (including phenoxy) is 3. The van der Waals surface area contributed by atoms with Gasteiger partial charge in [-0.05, 0) is 70.6 Å². The van der Waals surface area contributed by atoms with Crippen molar-refractivity contribution in [2.45, 2.75) is 277 Å². The standard InChI is InChI=1S/C62H106O6/c1-4-7-10-13-16-18-20-22-24-26-28-30-31-32-34-35-37-39-41-43-46-49-52-55-61(64)67-58-59(57-66-60(63)54-51-48-45-15-12-9-6-3)68-62(65)56-53-50-47-44-42-40-38-36-33-29-27-25-23-21-19-17-14-11-8-5-2/h7,10,16,18,22,24,28,30,32,34,37,39,43,46,59H,4-6,8-9,11-15,17,19-21,23,25-27,29,31,33,35-36,38,40-42,44-45,47-58H2,1-3H3/b10-7-,18-16-,24-22-,30-28-,34-32-,39-37-,46-43-. The number of hydrogen-bond donors (Lipinski definition) is 0. The van der Waals surface area contributed by atoms with Crippen molar-refractivity contribution in [3.8, 4) is 0 Å². The summed E-state index contributed by atoms with van der Waals surface area (Å²) in [6, 6.07) is 0. The highest BCUT2D eigenvalue weighted by atomic mass is 16.6. The van der Waals surface area contributed by atoms with Gasteiger partial charge in [0.05, 0.1) is 0 Å². The second-order valence-corrected chi connectivity index (χ2v) is 18.8. The van der Waals surface area contributed by atoms with E-state index in [0.29, 0.717) is 19.3 Å². The van der Waals surface area contributed by atoms with Crippen molar-refractivity contribution in [3.05, 3.63) is 85.1 Å². The van der Waals surface area contributed by atoms with Crippen molar-refractivity contribution >= 4 is 17.9 Å². The molecule has 0 radical (unpaired) electrons. The highest BCUT2D eigenvalue weighted by molar-refractivity contribution is 5.71. The first-order valence-corrected chi connectivity index (χ1v) is 28.6. The van der Waals surface area contributed by atoms with Crippen LogP contribution in [0.25, 0.3) is 0 Å². The van der Waals surface area contributed by atoms with Crippen LogP contribution in [-0.2, 0) is 28.6 Å². The second kappa shape index (κ2) is 56.2. The first-order valence-electron chi connectivity index (χ1n) is 28.6. The average Bonchev–Trinajstić information content (AvgIpc) is 3.34. The monoisotopic (exact) mass is 947 g/mol. The van der Waals surface area contributed by atoms with Crippen LogP contribution >= 0.6 is 0 Å². The number of rotatable bonds is 51. The van der Waals surface area contributed by atoms with Crippen LogP contribution < -0.4 is 0 Å². The number of allylic oxidation sites excluding steroid dienone is 14. The van der Waals surface area contributed by atoms with Crippen molar-refractivity contribution in [1.29, 1.82) is 0 Å². The van der Waals surface area contributed by atoms with Crippen LogP contribution in [0.2, 0.25) is 0 Å². The second-order valence-electron chi connectivity index (χ2n) is 18.8. The fourth-order valence-corrected chi connectivity index (χ4v) is 7.90. The van der Waals surface area contributed by atoms with E-state index in [1.165, 1.54) is 135 Å². The molecule has 0 aliphatic rings. The Balaban J connectivity index is 4.29. The van der Waals surface area contributed by atoms with Gasteiger partial charge in [-0.2, -0.15) is 0 Å². The van der Waals surface area contributed by atoms with Crippen LogP contribution in [0.5, 0.6) is 0 Å². The molecule has 0 aromatic rings. The Kier molecular flexibility index (Phi) is 53.4.